The summed E-state index contributed by atoms with van der Waals surface area (Å²) in [6.07, 6.45) is 1.67. The monoisotopic (exact) mass is 520 g/mol. The van der Waals surface area contributed by atoms with Crippen LogP contribution in [-0.2, 0) is 9.53 Å². The van der Waals surface area contributed by atoms with E-state index in [1.54, 1.807) is 44.4 Å². The van der Waals surface area contributed by atoms with Gasteiger partial charge in [-0.1, -0.05) is 47.2 Å². The molecule has 0 amide bonds. The van der Waals surface area contributed by atoms with Gasteiger partial charge in [-0.3, -0.25) is 9.36 Å². The van der Waals surface area contributed by atoms with Crippen molar-refractivity contribution in [2.75, 3.05) is 14.2 Å². The van der Waals surface area contributed by atoms with Gasteiger partial charge in [0.25, 0.3) is 5.56 Å². The fourth-order valence-corrected chi connectivity index (χ4v) is 5.42. The maximum Gasteiger partial charge on any atom is 0.338 e. The van der Waals surface area contributed by atoms with Crippen molar-refractivity contribution in [1.82, 2.24) is 4.57 Å². The molecule has 5 rings (SSSR count). The number of furan rings is 1. The van der Waals surface area contributed by atoms with E-state index in [4.69, 9.17) is 25.5 Å². The van der Waals surface area contributed by atoms with Gasteiger partial charge in [0.05, 0.1) is 41.1 Å². The number of fused-ring (bicyclic) bond motifs is 1. The molecule has 0 fully saturated rings. The van der Waals surface area contributed by atoms with E-state index < -0.39 is 12.0 Å². The van der Waals surface area contributed by atoms with Crippen LogP contribution in [0.15, 0.2) is 86.1 Å². The van der Waals surface area contributed by atoms with Gasteiger partial charge in [0, 0.05) is 11.6 Å². The summed E-state index contributed by atoms with van der Waals surface area (Å²) in [6, 6.07) is 17.5. The minimum atomic E-state index is -0.697. The van der Waals surface area contributed by atoms with Crippen LogP contribution in [0.3, 0.4) is 0 Å². The summed E-state index contributed by atoms with van der Waals surface area (Å²) in [5, 5.41) is 0.572. The minimum absolute atomic E-state index is 0.288. The van der Waals surface area contributed by atoms with Crippen molar-refractivity contribution in [1.29, 1.82) is 0 Å². The van der Waals surface area contributed by atoms with Crippen LogP contribution in [0.4, 0.5) is 0 Å². The molecule has 1 atom stereocenters. The highest BCUT2D eigenvalue weighted by Crippen LogP contribution is 2.32. The Bertz CT molecular complexity index is 1680. The number of benzene rings is 2. The summed E-state index contributed by atoms with van der Waals surface area (Å²) in [4.78, 5) is 31.4. The smallest absolute Gasteiger partial charge is 0.338 e. The highest BCUT2D eigenvalue weighted by Gasteiger charge is 2.33. The highest BCUT2D eigenvalue weighted by atomic mass is 35.5. The average molecular weight is 521 g/mol. The van der Waals surface area contributed by atoms with Gasteiger partial charge in [-0.15, -0.1) is 0 Å². The predicted octanol–water partition coefficient (Wildman–Crippen LogP) is 4.33. The third-order valence-electron chi connectivity index (χ3n) is 5.90. The molecule has 0 aliphatic carbocycles. The van der Waals surface area contributed by atoms with E-state index in [1.165, 1.54) is 23.0 Å². The molecule has 1 unspecified atom stereocenters. The molecule has 0 saturated heterocycles. The Morgan fingerprint density at radius 2 is 1.86 bits per heavy atom. The van der Waals surface area contributed by atoms with Gasteiger partial charge in [-0.05, 0) is 48.9 Å². The zero-order chi connectivity index (χ0) is 25.4. The van der Waals surface area contributed by atoms with Crippen LogP contribution < -0.4 is 19.6 Å². The fourth-order valence-electron chi connectivity index (χ4n) is 4.16. The quantitative estimate of drug-likeness (QED) is 0.366. The molecule has 0 N–H and O–H groups in total. The molecule has 1 aliphatic rings. The van der Waals surface area contributed by atoms with Crippen LogP contribution in [0.25, 0.3) is 17.4 Å². The van der Waals surface area contributed by atoms with Gasteiger partial charge < -0.3 is 13.9 Å². The molecule has 0 spiro atoms. The van der Waals surface area contributed by atoms with E-state index >= 15 is 0 Å². The number of rotatable bonds is 5. The lowest BCUT2D eigenvalue weighted by Gasteiger charge is -2.24. The molecule has 0 radical (unpaired) electrons. The van der Waals surface area contributed by atoms with E-state index in [9.17, 15) is 9.59 Å². The van der Waals surface area contributed by atoms with Crippen molar-refractivity contribution < 1.29 is 18.7 Å². The standard InChI is InChI=1S/C27H21ClN2O5S/c1-15-23(26(32)34-3)24(16-8-10-17(33-2)11-9-16)30-25(31)22(36-27(30)29-15)14-18-12-13-21(35-18)19-6-4-5-7-20(19)28/h4-14,24H,1-3H3/b22-14+. The number of halogens is 1. The average Bonchev–Trinajstić information content (AvgIpc) is 3.47. The van der Waals surface area contributed by atoms with Crippen molar-refractivity contribution in [3.05, 3.63) is 108 Å². The number of esters is 1. The van der Waals surface area contributed by atoms with Gasteiger partial charge in [0.15, 0.2) is 4.80 Å². The molecule has 4 aromatic rings. The van der Waals surface area contributed by atoms with Crippen LogP contribution in [0.2, 0.25) is 5.02 Å². The van der Waals surface area contributed by atoms with E-state index in [2.05, 4.69) is 4.99 Å². The molecule has 3 heterocycles. The minimum Gasteiger partial charge on any atom is -0.497 e. The fraction of sp³-hybridized carbons (Fsp3) is 0.148. The number of methoxy groups -OCH3 is 2. The zero-order valence-electron chi connectivity index (χ0n) is 19.7. The molecular weight excluding hydrogens is 500 g/mol. The molecule has 7 nitrogen and oxygen atoms in total. The maximum atomic E-state index is 13.6. The third kappa shape index (κ3) is 4.19. The lowest BCUT2D eigenvalue weighted by atomic mass is 9.96. The second-order valence-corrected chi connectivity index (χ2v) is 9.44. The van der Waals surface area contributed by atoms with Crippen molar-refractivity contribution in [3.63, 3.8) is 0 Å². The van der Waals surface area contributed by atoms with E-state index in [0.717, 1.165) is 11.1 Å². The van der Waals surface area contributed by atoms with Crippen molar-refractivity contribution in [3.8, 4) is 17.1 Å². The normalized spacial score (nSPS) is 15.4. The van der Waals surface area contributed by atoms with Crippen molar-refractivity contribution >= 4 is 35.0 Å². The molecular formula is C27H21ClN2O5S. The second kappa shape index (κ2) is 9.64. The second-order valence-electron chi connectivity index (χ2n) is 8.03. The first-order valence-corrected chi connectivity index (χ1v) is 12.2. The van der Waals surface area contributed by atoms with Gasteiger partial charge >= 0.3 is 5.97 Å². The molecule has 36 heavy (non-hydrogen) atoms. The van der Waals surface area contributed by atoms with Crippen LogP contribution >= 0.6 is 22.9 Å². The summed E-state index contributed by atoms with van der Waals surface area (Å²) in [5.41, 5.74) is 2.01. The van der Waals surface area contributed by atoms with Gasteiger partial charge in [0.2, 0.25) is 0 Å². The van der Waals surface area contributed by atoms with Crippen LogP contribution in [0.5, 0.6) is 5.75 Å². The van der Waals surface area contributed by atoms with Gasteiger partial charge in [0.1, 0.15) is 17.3 Å². The number of hydrogen-bond donors (Lipinski definition) is 0. The Labute approximate surface area is 215 Å². The number of ether oxygens (including phenoxy) is 2. The number of allylic oxidation sites excluding steroid dienone is 1. The number of carbonyl (C=O) groups is 1. The summed E-state index contributed by atoms with van der Waals surface area (Å²) >= 11 is 7.52. The molecule has 2 aromatic heterocycles. The van der Waals surface area contributed by atoms with Crippen LogP contribution in [0, 0.1) is 0 Å². The summed E-state index contributed by atoms with van der Waals surface area (Å²) in [7, 11) is 2.89. The van der Waals surface area contributed by atoms with Crippen LogP contribution in [0.1, 0.15) is 24.3 Å². The molecule has 1 aliphatic heterocycles. The summed E-state index contributed by atoms with van der Waals surface area (Å²) < 4.78 is 18.2. The topological polar surface area (TPSA) is 83.0 Å². The Hall–Kier alpha value is -3.88. The first-order chi connectivity index (χ1) is 17.4. The van der Waals surface area contributed by atoms with E-state index in [0.29, 0.717) is 42.9 Å². The number of hydrogen-bond acceptors (Lipinski definition) is 7. The highest BCUT2D eigenvalue weighted by molar-refractivity contribution is 7.07. The zero-order valence-corrected chi connectivity index (χ0v) is 21.2. The molecule has 0 saturated carbocycles. The predicted molar refractivity (Wildman–Crippen MR) is 138 cm³/mol. The van der Waals surface area contributed by atoms with Gasteiger partial charge in [-0.25, -0.2) is 9.79 Å². The Balaban J connectivity index is 1.65. The largest absolute Gasteiger partial charge is 0.497 e. The SMILES string of the molecule is COC(=O)C1=C(C)N=c2s/c(=C/c3ccc(-c4ccccc4Cl)o3)c(=O)n2C1c1ccc(OC)cc1. The lowest BCUT2D eigenvalue weighted by Crippen LogP contribution is -2.39. The number of nitrogens with zero attached hydrogens (tertiary/aromatic N) is 2. The van der Waals surface area contributed by atoms with Crippen molar-refractivity contribution in [2.24, 2.45) is 4.99 Å². The first-order valence-electron chi connectivity index (χ1n) is 11.0. The third-order valence-corrected chi connectivity index (χ3v) is 7.21. The lowest BCUT2D eigenvalue weighted by molar-refractivity contribution is -0.136. The maximum absolute atomic E-state index is 13.6. The Morgan fingerprint density at radius 3 is 2.56 bits per heavy atom. The number of aromatic nitrogens is 1. The Morgan fingerprint density at radius 1 is 1.11 bits per heavy atom. The van der Waals surface area contributed by atoms with Gasteiger partial charge in [-0.2, -0.15) is 0 Å². The summed E-state index contributed by atoms with van der Waals surface area (Å²) in [6.45, 7) is 1.74. The first kappa shape index (κ1) is 23.8. The Kier molecular flexibility index (Phi) is 6.38. The van der Waals surface area contributed by atoms with Crippen LogP contribution in [-0.4, -0.2) is 24.8 Å². The van der Waals surface area contributed by atoms with E-state index in [-0.39, 0.29) is 5.56 Å². The van der Waals surface area contributed by atoms with E-state index in [1.807, 2.05) is 36.4 Å². The number of thiazole rings is 1. The number of carbonyl (C=O) groups excluding carboxylic acids is 1. The molecule has 2 aromatic carbocycles. The van der Waals surface area contributed by atoms with Crippen molar-refractivity contribution in [2.45, 2.75) is 13.0 Å². The molecule has 0 bridgehead atoms. The molecule has 182 valence electrons. The summed E-state index contributed by atoms with van der Waals surface area (Å²) in [5.74, 6) is 1.22. The molecule has 9 heteroatoms.